The van der Waals surface area contributed by atoms with E-state index in [1.165, 1.54) is 36.9 Å². The predicted octanol–water partition coefficient (Wildman–Crippen LogP) is -2.05. The number of halogens is 2. The Morgan fingerprint density at radius 1 is 0.680 bits per heavy atom. The molecule has 0 saturated heterocycles. The lowest BCUT2D eigenvalue weighted by molar-refractivity contribution is -0.649. The van der Waals surface area contributed by atoms with E-state index in [1.54, 1.807) is 0 Å². The normalized spacial score (nSPS) is 10.6. The van der Waals surface area contributed by atoms with Crippen molar-refractivity contribution in [2.24, 2.45) is 14.1 Å². The Hall–Kier alpha value is -0.320. The van der Waals surface area contributed by atoms with E-state index < -0.39 is 0 Å². The minimum Gasteiger partial charge on any atom is -1.00 e. The van der Waals surface area contributed by atoms with Gasteiger partial charge in [0, 0.05) is 25.0 Å². The summed E-state index contributed by atoms with van der Waals surface area (Å²) in [6.45, 7) is 0. The van der Waals surface area contributed by atoms with Crippen molar-refractivity contribution in [1.82, 2.24) is 0 Å². The van der Waals surface area contributed by atoms with Gasteiger partial charge in [0.15, 0.2) is 0 Å². The lowest BCUT2D eigenvalue weighted by atomic mass is 10.2. The van der Waals surface area contributed by atoms with Crippen molar-refractivity contribution in [2.45, 2.75) is 19.3 Å². The van der Waals surface area contributed by atoms with Crippen LogP contribution in [-0.4, -0.2) is 0 Å². The number of aromatic nitrogens is 2. The third-order valence-electron chi connectivity index (χ3n) is 4.44. The molecule has 2 aromatic carbocycles. The number of fused-ring (bicyclic) bond motifs is 2. The Morgan fingerprint density at radius 2 is 1.08 bits per heavy atom. The van der Waals surface area contributed by atoms with Crippen molar-refractivity contribution in [3.05, 3.63) is 58.5 Å². The highest BCUT2D eigenvalue weighted by Gasteiger charge is 2.19. The van der Waals surface area contributed by atoms with E-state index in [0.29, 0.717) is 0 Å². The maximum Gasteiger partial charge on any atom is 0.238 e. The zero-order valence-corrected chi connectivity index (χ0v) is 20.2. The van der Waals surface area contributed by atoms with E-state index >= 15 is 0 Å². The molecule has 132 valence electrons. The molecule has 2 heterocycles. The van der Waals surface area contributed by atoms with E-state index in [1.807, 2.05) is 22.7 Å². The summed E-state index contributed by atoms with van der Waals surface area (Å²) in [5.74, 6) is 0. The molecule has 0 radical (unpaired) electrons. The van der Waals surface area contributed by atoms with Crippen molar-refractivity contribution in [1.29, 1.82) is 0 Å². The first kappa shape index (κ1) is 21.0. The molecule has 4 aromatic rings. The molecule has 0 atom stereocenters. The first-order valence-electron chi connectivity index (χ1n) is 7.97. The van der Waals surface area contributed by atoms with E-state index in [-0.39, 0.29) is 48.0 Å². The summed E-state index contributed by atoms with van der Waals surface area (Å²) in [5.41, 5.74) is 2.69. The quantitative estimate of drug-likeness (QED) is 0.190. The maximum atomic E-state index is 2.35. The van der Waals surface area contributed by atoms with Gasteiger partial charge in [0.25, 0.3) is 0 Å². The fourth-order valence-electron chi connectivity index (χ4n) is 3.13. The van der Waals surface area contributed by atoms with E-state index in [0.717, 1.165) is 12.8 Å². The second-order valence-electron chi connectivity index (χ2n) is 5.90. The van der Waals surface area contributed by atoms with E-state index in [9.17, 15) is 0 Å². The molecular formula is C19H20I2N2S2. The van der Waals surface area contributed by atoms with Gasteiger partial charge in [-0.2, -0.15) is 9.13 Å². The summed E-state index contributed by atoms with van der Waals surface area (Å²) in [6, 6.07) is 17.3. The van der Waals surface area contributed by atoms with Crippen molar-refractivity contribution in [3.63, 3.8) is 0 Å². The number of rotatable bonds is 4. The first-order valence-corrected chi connectivity index (χ1v) is 9.60. The third-order valence-corrected chi connectivity index (χ3v) is 7.00. The van der Waals surface area contributed by atoms with Crippen LogP contribution in [0.1, 0.15) is 16.4 Å². The molecule has 25 heavy (non-hydrogen) atoms. The van der Waals surface area contributed by atoms with Crippen LogP contribution >= 0.6 is 22.7 Å². The van der Waals surface area contributed by atoms with Crippen molar-refractivity contribution >= 4 is 43.1 Å². The minimum atomic E-state index is 0. The van der Waals surface area contributed by atoms with E-state index in [4.69, 9.17) is 0 Å². The highest BCUT2D eigenvalue weighted by Crippen LogP contribution is 2.23. The van der Waals surface area contributed by atoms with Gasteiger partial charge >= 0.3 is 0 Å². The van der Waals surface area contributed by atoms with Crippen LogP contribution in [-0.2, 0) is 26.9 Å². The maximum absolute atomic E-state index is 2.35. The van der Waals surface area contributed by atoms with Crippen LogP contribution in [0.25, 0.3) is 20.4 Å². The number of aryl methyl sites for hydroxylation is 4. The molecular weight excluding hydrogens is 574 g/mol. The Bertz CT molecular complexity index is 912. The van der Waals surface area contributed by atoms with Crippen LogP contribution in [0.3, 0.4) is 0 Å². The van der Waals surface area contributed by atoms with Crippen molar-refractivity contribution < 1.29 is 57.1 Å². The molecule has 2 nitrogen and oxygen atoms in total. The van der Waals surface area contributed by atoms with Crippen molar-refractivity contribution in [3.8, 4) is 0 Å². The lowest BCUT2D eigenvalue weighted by Gasteiger charge is -1.94. The highest BCUT2D eigenvalue weighted by molar-refractivity contribution is 7.18. The smallest absolute Gasteiger partial charge is 0.238 e. The average molecular weight is 594 g/mol. The van der Waals surface area contributed by atoms with E-state index in [2.05, 4.69) is 71.8 Å². The third kappa shape index (κ3) is 4.17. The zero-order chi connectivity index (χ0) is 15.8. The number of hydrogen-bond donors (Lipinski definition) is 0. The summed E-state index contributed by atoms with van der Waals surface area (Å²) in [6.07, 6.45) is 3.48. The number of hydrogen-bond acceptors (Lipinski definition) is 2. The Labute approximate surface area is 190 Å². The van der Waals surface area contributed by atoms with Gasteiger partial charge < -0.3 is 48.0 Å². The molecule has 0 amide bonds. The zero-order valence-electron chi connectivity index (χ0n) is 14.2. The lowest BCUT2D eigenvalue weighted by Crippen LogP contribution is -3.00. The number of nitrogens with zero attached hydrogens (tertiary/aromatic N) is 2. The largest absolute Gasteiger partial charge is 1.00 e. The topological polar surface area (TPSA) is 7.76 Å². The highest BCUT2D eigenvalue weighted by atomic mass is 127. The van der Waals surface area contributed by atoms with Crippen molar-refractivity contribution in [2.75, 3.05) is 0 Å². The first-order chi connectivity index (χ1) is 11.2. The molecule has 0 aliphatic rings. The molecule has 0 unspecified atom stereocenters. The summed E-state index contributed by atoms with van der Waals surface area (Å²) in [7, 11) is 4.38. The minimum absolute atomic E-state index is 0. The van der Waals surface area contributed by atoms with Gasteiger partial charge in [0.05, 0.1) is 0 Å². The predicted molar refractivity (Wildman–Crippen MR) is 98.0 cm³/mol. The molecule has 0 N–H and O–H groups in total. The summed E-state index contributed by atoms with van der Waals surface area (Å²) in [4.78, 5) is 0. The molecule has 0 spiro atoms. The average Bonchev–Trinajstić information content (AvgIpc) is 3.07. The second kappa shape index (κ2) is 9.05. The molecule has 0 aliphatic carbocycles. The van der Waals surface area contributed by atoms with Crippen LogP contribution in [0.15, 0.2) is 48.5 Å². The van der Waals surface area contributed by atoms with Gasteiger partial charge in [-0.1, -0.05) is 46.9 Å². The summed E-state index contributed by atoms with van der Waals surface area (Å²) < 4.78 is 7.48. The molecule has 4 rings (SSSR count). The van der Waals surface area contributed by atoms with Crippen LogP contribution in [0.2, 0.25) is 0 Å². The fourth-order valence-corrected chi connectivity index (χ4v) is 5.51. The van der Waals surface area contributed by atoms with Gasteiger partial charge in [0.1, 0.15) is 23.5 Å². The molecule has 6 heteroatoms. The summed E-state index contributed by atoms with van der Waals surface area (Å²) >= 11 is 3.86. The molecule has 0 saturated carbocycles. The van der Waals surface area contributed by atoms with Gasteiger partial charge in [-0.3, -0.25) is 0 Å². The van der Waals surface area contributed by atoms with Gasteiger partial charge in [-0.15, -0.1) is 0 Å². The van der Waals surface area contributed by atoms with Crippen LogP contribution in [0.5, 0.6) is 0 Å². The molecule has 2 aromatic heterocycles. The SMILES string of the molecule is C[n+]1c(CCCc2sc3ccccc3[n+]2C)sc2ccccc21.[I-].[I-]. The number of benzene rings is 2. The van der Waals surface area contributed by atoms with Crippen LogP contribution in [0.4, 0.5) is 0 Å². The van der Waals surface area contributed by atoms with Gasteiger partial charge in [0.2, 0.25) is 21.0 Å². The fraction of sp³-hybridized carbons (Fsp3) is 0.263. The van der Waals surface area contributed by atoms with Gasteiger partial charge in [-0.25, -0.2) is 0 Å². The van der Waals surface area contributed by atoms with Crippen LogP contribution in [0, 0.1) is 0 Å². The number of para-hydroxylation sites is 2. The standard InChI is InChI=1S/C19H20N2S2.2HI/c1-20-14-8-3-5-10-16(14)22-18(20)12-7-13-19-21(2)15-9-4-6-11-17(15)23-19;;/h3-6,8-11H,7,12-13H2,1-2H3;2*1H/q+2;;/p-2. The number of thiazole rings is 2. The van der Waals surface area contributed by atoms with Crippen LogP contribution < -0.4 is 57.1 Å². The Kier molecular flexibility index (Phi) is 7.60. The summed E-state index contributed by atoms with van der Waals surface area (Å²) in [5, 5.41) is 2.94. The molecule has 0 aliphatic heterocycles. The Balaban J connectivity index is 0.00000113. The molecule has 0 fully saturated rings. The van der Waals surface area contributed by atoms with Gasteiger partial charge in [-0.05, 0) is 18.6 Å². The second-order valence-corrected chi connectivity index (χ2v) is 8.13. The Morgan fingerprint density at radius 3 is 1.48 bits per heavy atom. The monoisotopic (exact) mass is 594 g/mol. The molecule has 0 bridgehead atoms.